The molecule has 3 nitrogen and oxygen atoms in total. The molecule has 0 saturated heterocycles. The van der Waals surface area contributed by atoms with E-state index in [9.17, 15) is 4.79 Å². The molecule has 1 rings (SSSR count). The summed E-state index contributed by atoms with van der Waals surface area (Å²) in [5.74, 6) is -0.411. The van der Waals surface area contributed by atoms with E-state index in [1.54, 1.807) is 6.07 Å². The molecule has 0 aromatic heterocycles. The van der Waals surface area contributed by atoms with E-state index in [-0.39, 0.29) is 0 Å². The van der Waals surface area contributed by atoms with Crippen LogP contribution in [0.5, 0.6) is 0 Å². The SMILES string of the molecule is CC(C)(C)OC(=O)[C@@H](N)c1cccc(Br)c1. The lowest BCUT2D eigenvalue weighted by atomic mass is 10.1. The molecule has 88 valence electrons. The van der Waals surface area contributed by atoms with Crippen molar-refractivity contribution in [3.63, 3.8) is 0 Å². The Balaban J connectivity index is 2.78. The first-order valence-electron chi connectivity index (χ1n) is 5.03. The summed E-state index contributed by atoms with van der Waals surface area (Å²) in [4.78, 5) is 11.7. The normalized spacial score (nSPS) is 13.3. The summed E-state index contributed by atoms with van der Waals surface area (Å²) in [5, 5.41) is 0. The first-order chi connectivity index (χ1) is 7.29. The van der Waals surface area contributed by atoms with Gasteiger partial charge in [0.05, 0.1) is 0 Å². The zero-order chi connectivity index (χ0) is 12.3. The van der Waals surface area contributed by atoms with E-state index >= 15 is 0 Å². The maximum absolute atomic E-state index is 11.7. The van der Waals surface area contributed by atoms with Crippen molar-refractivity contribution in [3.05, 3.63) is 34.3 Å². The maximum Gasteiger partial charge on any atom is 0.328 e. The molecule has 1 aromatic rings. The Morgan fingerprint density at radius 1 is 1.44 bits per heavy atom. The second-order valence-electron chi connectivity index (χ2n) is 4.57. The lowest BCUT2D eigenvalue weighted by Gasteiger charge is -2.22. The van der Waals surface area contributed by atoms with Crippen LogP contribution in [0.1, 0.15) is 32.4 Å². The molecule has 0 radical (unpaired) electrons. The molecule has 1 aromatic carbocycles. The van der Waals surface area contributed by atoms with Gasteiger partial charge >= 0.3 is 5.97 Å². The van der Waals surface area contributed by atoms with Crippen LogP contribution in [0.3, 0.4) is 0 Å². The second-order valence-corrected chi connectivity index (χ2v) is 5.48. The number of benzene rings is 1. The smallest absolute Gasteiger partial charge is 0.328 e. The Hall–Kier alpha value is -0.870. The Bertz CT molecular complexity index is 385. The highest BCUT2D eigenvalue weighted by Gasteiger charge is 2.23. The van der Waals surface area contributed by atoms with E-state index < -0.39 is 17.6 Å². The fraction of sp³-hybridized carbons (Fsp3) is 0.417. The maximum atomic E-state index is 11.7. The van der Waals surface area contributed by atoms with Gasteiger partial charge in [0.15, 0.2) is 0 Å². The quantitative estimate of drug-likeness (QED) is 0.850. The van der Waals surface area contributed by atoms with Gasteiger partial charge in [-0.25, -0.2) is 4.79 Å². The number of halogens is 1. The summed E-state index contributed by atoms with van der Waals surface area (Å²) in [6.45, 7) is 5.45. The number of esters is 1. The Morgan fingerprint density at radius 2 is 2.06 bits per heavy atom. The molecular weight excluding hydrogens is 270 g/mol. The molecule has 0 aliphatic heterocycles. The van der Waals surface area contributed by atoms with Crippen LogP contribution in [0.2, 0.25) is 0 Å². The molecule has 2 N–H and O–H groups in total. The number of carbonyl (C=O) groups is 1. The molecule has 0 spiro atoms. The lowest BCUT2D eigenvalue weighted by molar-refractivity contribution is -0.156. The molecule has 0 aliphatic carbocycles. The summed E-state index contributed by atoms with van der Waals surface area (Å²) in [5.41, 5.74) is 6.05. The van der Waals surface area contributed by atoms with E-state index in [0.29, 0.717) is 0 Å². The fourth-order valence-corrected chi connectivity index (χ4v) is 1.62. The van der Waals surface area contributed by atoms with Gasteiger partial charge in [0, 0.05) is 4.47 Å². The van der Waals surface area contributed by atoms with Crippen LogP contribution in [0.25, 0.3) is 0 Å². The van der Waals surface area contributed by atoms with Crippen molar-refractivity contribution in [2.45, 2.75) is 32.4 Å². The number of hydrogen-bond donors (Lipinski definition) is 1. The summed E-state index contributed by atoms with van der Waals surface area (Å²) < 4.78 is 6.11. The van der Waals surface area contributed by atoms with Gasteiger partial charge in [0.1, 0.15) is 11.6 Å². The van der Waals surface area contributed by atoms with Gasteiger partial charge in [-0.05, 0) is 38.5 Å². The van der Waals surface area contributed by atoms with Crippen molar-refractivity contribution in [2.75, 3.05) is 0 Å². The molecule has 0 fully saturated rings. The van der Waals surface area contributed by atoms with E-state index in [1.807, 2.05) is 39.0 Å². The van der Waals surface area contributed by atoms with E-state index in [2.05, 4.69) is 15.9 Å². The predicted octanol–water partition coefficient (Wildman–Crippen LogP) is 2.79. The summed E-state index contributed by atoms with van der Waals surface area (Å²) in [7, 11) is 0. The highest BCUT2D eigenvalue weighted by Crippen LogP contribution is 2.19. The van der Waals surface area contributed by atoms with Crippen LogP contribution in [0.4, 0.5) is 0 Å². The molecule has 0 heterocycles. The van der Waals surface area contributed by atoms with Crippen molar-refractivity contribution >= 4 is 21.9 Å². The molecule has 0 amide bonds. The Labute approximate surface area is 104 Å². The number of rotatable bonds is 2. The van der Waals surface area contributed by atoms with E-state index in [0.717, 1.165) is 10.0 Å². The van der Waals surface area contributed by atoms with Gasteiger partial charge in [0.25, 0.3) is 0 Å². The van der Waals surface area contributed by atoms with Crippen LogP contribution < -0.4 is 5.73 Å². The zero-order valence-corrected chi connectivity index (χ0v) is 11.2. The predicted molar refractivity (Wildman–Crippen MR) is 66.9 cm³/mol. The zero-order valence-electron chi connectivity index (χ0n) is 9.66. The van der Waals surface area contributed by atoms with Crippen LogP contribution in [-0.2, 0) is 9.53 Å². The minimum absolute atomic E-state index is 0.411. The topological polar surface area (TPSA) is 52.3 Å². The van der Waals surface area contributed by atoms with Crippen molar-refractivity contribution in [1.82, 2.24) is 0 Å². The molecular formula is C12H16BrNO2. The minimum Gasteiger partial charge on any atom is -0.459 e. The molecule has 0 aliphatic rings. The third kappa shape index (κ3) is 3.94. The fourth-order valence-electron chi connectivity index (χ4n) is 1.20. The number of carbonyl (C=O) groups excluding carboxylic acids is 1. The number of ether oxygens (including phenoxy) is 1. The molecule has 0 unspecified atom stereocenters. The van der Waals surface area contributed by atoms with Gasteiger partial charge in [-0.3, -0.25) is 0 Å². The third-order valence-corrected chi connectivity index (χ3v) is 2.36. The summed E-state index contributed by atoms with van der Waals surface area (Å²) >= 11 is 3.33. The Kier molecular flexibility index (Phi) is 4.10. The molecule has 0 bridgehead atoms. The highest BCUT2D eigenvalue weighted by atomic mass is 79.9. The van der Waals surface area contributed by atoms with Gasteiger partial charge < -0.3 is 10.5 Å². The number of hydrogen-bond acceptors (Lipinski definition) is 3. The largest absolute Gasteiger partial charge is 0.459 e. The standard InChI is InChI=1S/C12H16BrNO2/c1-12(2,3)16-11(15)10(14)8-5-4-6-9(13)7-8/h4-7,10H,14H2,1-3H3/t10-/m0/s1. The first-order valence-corrected chi connectivity index (χ1v) is 5.83. The molecule has 16 heavy (non-hydrogen) atoms. The van der Waals surface area contributed by atoms with Crippen LogP contribution in [0, 0.1) is 0 Å². The van der Waals surface area contributed by atoms with Crippen LogP contribution in [-0.4, -0.2) is 11.6 Å². The third-order valence-electron chi connectivity index (χ3n) is 1.87. The number of nitrogens with two attached hydrogens (primary N) is 1. The van der Waals surface area contributed by atoms with Crippen molar-refractivity contribution in [2.24, 2.45) is 5.73 Å². The summed E-state index contributed by atoms with van der Waals surface area (Å²) in [6.07, 6.45) is 0. The van der Waals surface area contributed by atoms with Gasteiger partial charge in [-0.1, -0.05) is 28.1 Å². The van der Waals surface area contributed by atoms with Gasteiger partial charge in [0.2, 0.25) is 0 Å². The van der Waals surface area contributed by atoms with Crippen LogP contribution >= 0.6 is 15.9 Å². The highest BCUT2D eigenvalue weighted by molar-refractivity contribution is 9.10. The lowest BCUT2D eigenvalue weighted by Crippen LogP contribution is -2.31. The van der Waals surface area contributed by atoms with Crippen molar-refractivity contribution in [1.29, 1.82) is 0 Å². The first kappa shape index (κ1) is 13.2. The van der Waals surface area contributed by atoms with E-state index in [4.69, 9.17) is 10.5 Å². The summed E-state index contributed by atoms with van der Waals surface area (Å²) in [6, 6.07) is 6.60. The molecule has 1 atom stereocenters. The molecule has 4 heteroatoms. The van der Waals surface area contributed by atoms with Gasteiger partial charge in [-0.15, -0.1) is 0 Å². The van der Waals surface area contributed by atoms with Crippen molar-refractivity contribution < 1.29 is 9.53 Å². The van der Waals surface area contributed by atoms with Crippen LogP contribution in [0.15, 0.2) is 28.7 Å². The second kappa shape index (κ2) is 4.97. The molecule has 0 saturated carbocycles. The average Bonchev–Trinajstić information content (AvgIpc) is 2.14. The van der Waals surface area contributed by atoms with Gasteiger partial charge in [-0.2, -0.15) is 0 Å². The minimum atomic E-state index is -0.739. The van der Waals surface area contributed by atoms with E-state index in [1.165, 1.54) is 0 Å². The monoisotopic (exact) mass is 285 g/mol. The Morgan fingerprint density at radius 3 is 2.56 bits per heavy atom. The average molecular weight is 286 g/mol. The van der Waals surface area contributed by atoms with Crippen molar-refractivity contribution in [3.8, 4) is 0 Å².